The maximum atomic E-state index is 12.7. The molecule has 0 unspecified atom stereocenters. The summed E-state index contributed by atoms with van der Waals surface area (Å²) in [4.78, 5) is 10.0. The molecule has 0 saturated carbocycles. The first-order valence-electron chi connectivity index (χ1n) is 6.19. The molecule has 0 radical (unpaired) electrons. The van der Waals surface area contributed by atoms with E-state index in [0.29, 0.717) is 12.1 Å². The van der Waals surface area contributed by atoms with Crippen LogP contribution in [0.5, 0.6) is 5.75 Å². The fourth-order valence-corrected chi connectivity index (χ4v) is 1.97. The molecule has 2 rings (SSSR count). The lowest BCUT2D eigenvalue weighted by atomic mass is 10.0. The van der Waals surface area contributed by atoms with Crippen molar-refractivity contribution in [3.05, 3.63) is 58.1 Å². The maximum Gasteiger partial charge on any atom is 0.573 e. The molecule has 0 saturated heterocycles. The molecule has 10 heteroatoms. The molecule has 2 aromatic carbocycles. The van der Waals surface area contributed by atoms with Crippen molar-refractivity contribution < 1.29 is 36.0 Å². The summed E-state index contributed by atoms with van der Waals surface area (Å²) < 4.78 is 78.2. The molecular formula is C14H7F6NO3. The molecule has 24 heavy (non-hydrogen) atoms. The van der Waals surface area contributed by atoms with Gasteiger partial charge in [-0.25, -0.2) is 0 Å². The summed E-state index contributed by atoms with van der Waals surface area (Å²) in [7, 11) is 0. The van der Waals surface area contributed by atoms with E-state index in [1.807, 2.05) is 0 Å². The van der Waals surface area contributed by atoms with Crippen molar-refractivity contribution in [3.63, 3.8) is 0 Å². The third kappa shape index (κ3) is 4.15. The summed E-state index contributed by atoms with van der Waals surface area (Å²) in [6.07, 6.45) is -9.71. The Bertz CT molecular complexity index is 770. The SMILES string of the molecule is O=[N+]([O-])c1cc(OC(F)(F)F)ccc1-c1cccc(C(F)(F)F)c1. The zero-order valence-electron chi connectivity index (χ0n) is 11.5. The van der Waals surface area contributed by atoms with Gasteiger partial charge in [0.2, 0.25) is 0 Å². The second-order valence-corrected chi connectivity index (χ2v) is 4.56. The van der Waals surface area contributed by atoms with E-state index in [9.17, 15) is 36.5 Å². The summed E-state index contributed by atoms with van der Waals surface area (Å²) in [6.45, 7) is 0. The van der Waals surface area contributed by atoms with Crippen molar-refractivity contribution in [1.82, 2.24) is 0 Å². The molecule has 2 aromatic rings. The van der Waals surface area contributed by atoms with Gasteiger partial charge in [-0.1, -0.05) is 12.1 Å². The van der Waals surface area contributed by atoms with Crippen molar-refractivity contribution in [2.24, 2.45) is 0 Å². The van der Waals surface area contributed by atoms with Crippen LogP contribution < -0.4 is 4.74 Å². The van der Waals surface area contributed by atoms with Crippen LogP contribution in [0.15, 0.2) is 42.5 Å². The quantitative estimate of drug-likeness (QED) is 0.435. The third-order valence-corrected chi connectivity index (χ3v) is 2.90. The first kappa shape index (κ1) is 17.6. The van der Waals surface area contributed by atoms with E-state index in [2.05, 4.69) is 4.74 Å². The number of benzene rings is 2. The predicted molar refractivity (Wildman–Crippen MR) is 70.2 cm³/mol. The van der Waals surface area contributed by atoms with Gasteiger partial charge in [0.1, 0.15) is 5.75 Å². The molecule has 4 nitrogen and oxygen atoms in total. The van der Waals surface area contributed by atoms with E-state index in [0.717, 1.165) is 24.3 Å². The summed E-state index contributed by atoms with van der Waals surface area (Å²) >= 11 is 0. The van der Waals surface area contributed by atoms with Crippen LogP contribution in [0.3, 0.4) is 0 Å². The predicted octanol–water partition coefficient (Wildman–Crippen LogP) is 5.18. The first-order valence-corrected chi connectivity index (χ1v) is 6.19. The van der Waals surface area contributed by atoms with Gasteiger partial charge < -0.3 is 4.74 Å². The molecule has 128 valence electrons. The number of hydrogen-bond donors (Lipinski definition) is 0. The average molecular weight is 351 g/mol. The number of rotatable bonds is 3. The molecule has 0 aromatic heterocycles. The van der Waals surface area contributed by atoms with Crippen molar-refractivity contribution in [2.75, 3.05) is 0 Å². The van der Waals surface area contributed by atoms with Crippen LogP contribution in [-0.4, -0.2) is 11.3 Å². The molecule has 0 fully saturated rings. The lowest BCUT2D eigenvalue weighted by molar-refractivity contribution is -0.384. The molecule has 0 aliphatic rings. The Kier molecular flexibility index (Phi) is 4.41. The van der Waals surface area contributed by atoms with E-state index in [4.69, 9.17) is 0 Å². The molecule has 0 spiro atoms. The minimum atomic E-state index is -5.05. The Morgan fingerprint density at radius 2 is 1.62 bits per heavy atom. The minimum Gasteiger partial charge on any atom is -0.406 e. The van der Waals surface area contributed by atoms with E-state index in [1.165, 1.54) is 6.07 Å². The van der Waals surface area contributed by atoms with Crippen LogP contribution in [0.4, 0.5) is 32.0 Å². The molecule has 0 bridgehead atoms. The second-order valence-electron chi connectivity index (χ2n) is 4.56. The molecular weight excluding hydrogens is 344 g/mol. The standard InChI is InChI=1S/C14H7F6NO3/c15-13(16,17)9-3-1-2-8(6-9)11-5-4-10(24-14(18,19)20)7-12(11)21(22)23/h1-7H. The summed E-state index contributed by atoms with van der Waals surface area (Å²) in [5.74, 6) is -0.843. The highest BCUT2D eigenvalue weighted by Gasteiger charge is 2.33. The van der Waals surface area contributed by atoms with Crippen molar-refractivity contribution in [1.29, 1.82) is 0 Å². The van der Waals surface area contributed by atoms with Crippen LogP contribution in [0.1, 0.15) is 5.56 Å². The zero-order valence-corrected chi connectivity index (χ0v) is 11.5. The minimum absolute atomic E-state index is 0.157. The van der Waals surface area contributed by atoms with E-state index in [-0.39, 0.29) is 11.1 Å². The Balaban J connectivity index is 2.53. The van der Waals surface area contributed by atoms with E-state index >= 15 is 0 Å². The Morgan fingerprint density at radius 3 is 2.17 bits per heavy atom. The monoisotopic (exact) mass is 351 g/mol. The van der Waals surface area contributed by atoms with Gasteiger partial charge in [-0.05, 0) is 29.8 Å². The van der Waals surface area contributed by atoms with Crippen molar-refractivity contribution in [3.8, 4) is 16.9 Å². The van der Waals surface area contributed by atoms with Crippen molar-refractivity contribution in [2.45, 2.75) is 12.5 Å². The molecule has 0 heterocycles. The molecule has 0 aliphatic carbocycles. The summed E-state index contributed by atoms with van der Waals surface area (Å²) in [5.41, 5.74) is -2.27. The number of ether oxygens (including phenoxy) is 1. The Hall–Kier alpha value is -2.78. The third-order valence-electron chi connectivity index (χ3n) is 2.90. The van der Waals surface area contributed by atoms with Gasteiger partial charge in [0.05, 0.1) is 22.1 Å². The molecule has 0 atom stereocenters. The van der Waals surface area contributed by atoms with Gasteiger partial charge in [-0.15, -0.1) is 13.2 Å². The van der Waals surface area contributed by atoms with Crippen LogP contribution in [-0.2, 0) is 6.18 Å². The van der Waals surface area contributed by atoms with Gasteiger partial charge >= 0.3 is 12.5 Å². The van der Waals surface area contributed by atoms with Gasteiger partial charge in [0.15, 0.2) is 0 Å². The molecule has 0 N–H and O–H groups in total. The molecule has 0 amide bonds. The van der Waals surface area contributed by atoms with Gasteiger partial charge in [-0.3, -0.25) is 10.1 Å². The fourth-order valence-electron chi connectivity index (χ4n) is 1.97. The van der Waals surface area contributed by atoms with Gasteiger partial charge in [0, 0.05) is 0 Å². The van der Waals surface area contributed by atoms with Crippen LogP contribution in [0.2, 0.25) is 0 Å². The number of nitro benzene ring substituents is 1. The molecule has 0 aliphatic heterocycles. The summed E-state index contributed by atoms with van der Waals surface area (Å²) in [5, 5.41) is 11.0. The lowest BCUT2D eigenvalue weighted by Crippen LogP contribution is -2.17. The largest absolute Gasteiger partial charge is 0.573 e. The second kappa shape index (κ2) is 6.02. The van der Waals surface area contributed by atoms with Crippen LogP contribution in [0.25, 0.3) is 11.1 Å². The maximum absolute atomic E-state index is 12.7. The van der Waals surface area contributed by atoms with Crippen LogP contribution in [0, 0.1) is 10.1 Å². The number of alkyl halides is 6. The number of nitrogens with zero attached hydrogens (tertiary/aromatic N) is 1. The number of nitro groups is 1. The van der Waals surface area contributed by atoms with Crippen molar-refractivity contribution >= 4 is 5.69 Å². The Morgan fingerprint density at radius 1 is 0.958 bits per heavy atom. The van der Waals surface area contributed by atoms with Gasteiger partial charge in [-0.2, -0.15) is 13.2 Å². The smallest absolute Gasteiger partial charge is 0.406 e. The fraction of sp³-hybridized carbons (Fsp3) is 0.143. The lowest BCUT2D eigenvalue weighted by Gasteiger charge is -2.11. The highest BCUT2D eigenvalue weighted by Crippen LogP contribution is 2.37. The number of hydrogen-bond acceptors (Lipinski definition) is 3. The highest BCUT2D eigenvalue weighted by molar-refractivity contribution is 5.75. The van der Waals surface area contributed by atoms with Crippen LogP contribution >= 0.6 is 0 Å². The zero-order chi connectivity index (χ0) is 18.1. The first-order chi connectivity index (χ1) is 11.0. The topological polar surface area (TPSA) is 52.4 Å². The average Bonchev–Trinajstić information content (AvgIpc) is 2.44. The summed E-state index contributed by atoms with van der Waals surface area (Å²) in [6, 6.07) is 5.86. The highest BCUT2D eigenvalue weighted by atomic mass is 19.4. The number of halogens is 6. The van der Waals surface area contributed by atoms with E-state index < -0.39 is 34.5 Å². The van der Waals surface area contributed by atoms with E-state index in [1.54, 1.807) is 0 Å². The normalized spacial score (nSPS) is 12.1. The van der Waals surface area contributed by atoms with Gasteiger partial charge in [0.25, 0.3) is 5.69 Å². The Labute approximate surface area is 130 Å².